The molecule has 2 amide bonds. The number of halogens is 2. The molecule has 1 aromatic rings. The highest BCUT2D eigenvalue weighted by molar-refractivity contribution is 6.32. The molecule has 0 radical (unpaired) electrons. The van der Waals surface area contributed by atoms with Crippen molar-refractivity contribution in [3.8, 4) is 0 Å². The predicted octanol–water partition coefficient (Wildman–Crippen LogP) is 3.25. The van der Waals surface area contributed by atoms with Crippen molar-refractivity contribution in [3.63, 3.8) is 0 Å². The molecule has 19 heavy (non-hydrogen) atoms. The number of primary amides is 1. The van der Waals surface area contributed by atoms with Gasteiger partial charge >= 0.3 is 6.03 Å². The van der Waals surface area contributed by atoms with Gasteiger partial charge in [-0.2, -0.15) is 0 Å². The van der Waals surface area contributed by atoms with Crippen LogP contribution < -0.4 is 11.1 Å². The molecule has 0 aromatic heterocycles. The Hall–Kier alpha value is -1.52. The summed E-state index contributed by atoms with van der Waals surface area (Å²) in [5.74, 6) is 0.435. The summed E-state index contributed by atoms with van der Waals surface area (Å²) in [7, 11) is 0. The number of urea groups is 1. The topological polar surface area (TPSA) is 67.5 Å². The summed E-state index contributed by atoms with van der Waals surface area (Å²) in [6.07, 6.45) is 4.36. The summed E-state index contributed by atoms with van der Waals surface area (Å²) < 4.78 is 0. The third-order valence-corrected chi connectivity index (χ3v) is 2.43. The zero-order valence-electron chi connectivity index (χ0n) is 10.6. The van der Waals surface area contributed by atoms with Crippen LogP contribution in [0.5, 0.6) is 0 Å². The van der Waals surface area contributed by atoms with E-state index in [9.17, 15) is 4.79 Å². The number of benzene rings is 1. The smallest absolute Gasteiger partial charge is 0.317 e. The molecule has 1 rings (SSSR count). The molecule has 0 aliphatic heterocycles. The van der Waals surface area contributed by atoms with Crippen LogP contribution in [0.4, 0.5) is 4.79 Å². The molecule has 4 nitrogen and oxygen atoms in total. The van der Waals surface area contributed by atoms with Crippen molar-refractivity contribution in [3.05, 3.63) is 40.9 Å². The molecule has 0 heterocycles. The van der Waals surface area contributed by atoms with Gasteiger partial charge in [-0.15, -0.1) is 12.4 Å². The van der Waals surface area contributed by atoms with E-state index in [1.807, 2.05) is 25.1 Å². The first-order valence-corrected chi connectivity index (χ1v) is 6.04. The van der Waals surface area contributed by atoms with Crippen molar-refractivity contribution in [1.82, 2.24) is 5.32 Å². The van der Waals surface area contributed by atoms with Crippen molar-refractivity contribution in [2.45, 2.75) is 13.3 Å². The third kappa shape index (κ3) is 6.84. The molecular weight excluding hydrogens is 285 g/mol. The lowest BCUT2D eigenvalue weighted by Crippen LogP contribution is -2.34. The van der Waals surface area contributed by atoms with E-state index in [2.05, 4.69) is 10.3 Å². The van der Waals surface area contributed by atoms with Crippen molar-refractivity contribution < 1.29 is 4.79 Å². The van der Waals surface area contributed by atoms with E-state index >= 15 is 0 Å². The number of rotatable bonds is 4. The summed E-state index contributed by atoms with van der Waals surface area (Å²) in [5, 5.41) is 3.10. The second-order valence-electron chi connectivity index (χ2n) is 3.61. The van der Waals surface area contributed by atoms with Crippen LogP contribution in [0, 0.1) is 0 Å². The van der Waals surface area contributed by atoms with Crippen molar-refractivity contribution in [2.75, 3.05) is 6.54 Å². The summed E-state index contributed by atoms with van der Waals surface area (Å²) in [4.78, 5) is 15.0. The number of aliphatic imine (C=N–C) groups is 1. The maximum atomic E-state index is 10.8. The molecule has 0 aliphatic rings. The minimum Gasteiger partial charge on any atom is -0.351 e. The molecule has 0 unspecified atom stereocenters. The zero-order chi connectivity index (χ0) is 13.4. The van der Waals surface area contributed by atoms with Crippen LogP contribution in [-0.4, -0.2) is 18.4 Å². The third-order valence-electron chi connectivity index (χ3n) is 2.08. The van der Waals surface area contributed by atoms with Gasteiger partial charge in [-0.1, -0.05) is 36.7 Å². The molecule has 6 heteroatoms. The number of carbonyl (C=O) groups is 1. The lowest BCUT2D eigenvalue weighted by atomic mass is 10.2. The van der Waals surface area contributed by atoms with Gasteiger partial charge < -0.3 is 5.73 Å². The van der Waals surface area contributed by atoms with Crippen LogP contribution in [-0.2, 0) is 0 Å². The number of carbonyl (C=O) groups excluding carboxylic acids is 1. The second kappa shape index (κ2) is 9.42. The first-order chi connectivity index (χ1) is 8.63. The van der Waals surface area contributed by atoms with Gasteiger partial charge in [-0.05, 0) is 30.2 Å². The summed E-state index contributed by atoms with van der Waals surface area (Å²) >= 11 is 6.01. The quantitative estimate of drug-likeness (QED) is 0.650. The largest absolute Gasteiger partial charge is 0.351 e. The molecule has 0 saturated carbocycles. The Morgan fingerprint density at radius 3 is 2.74 bits per heavy atom. The van der Waals surface area contributed by atoms with Gasteiger partial charge in [0.05, 0.1) is 0 Å². The van der Waals surface area contributed by atoms with Crippen LogP contribution in [0.2, 0.25) is 5.02 Å². The van der Waals surface area contributed by atoms with E-state index in [1.54, 1.807) is 18.2 Å². The lowest BCUT2D eigenvalue weighted by molar-refractivity contribution is 0.253. The maximum absolute atomic E-state index is 10.8. The van der Waals surface area contributed by atoms with Gasteiger partial charge in [0.15, 0.2) is 0 Å². The first kappa shape index (κ1) is 17.5. The minimum atomic E-state index is -0.631. The molecule has 0 aliphatic carbocycles. The van der Waals surface area contributed by atoms with Gasteiger partial charge in [0.25, 0.3) is 0 Å². The van der Waals surface area contributed by atoms with E-state index in [-0.39, 0.29) is 12.4 Å². The second-order valence-corrected chi connectivity index (χ2v) is 4.02. The molecular formula is C13H17Cl2N3O. The monoisotopic (exact) mass is 301 g/mol. The van der Waals surface area contributed by atoms with Crippen molar-refractivity contribution >= 4 is 42.0 Å². The standard InChI is InChI=1S/C13H16ClN3O.ClH/c1-2-9-16-12(17-13(15)18)8-7-10-5-3-4-6-11(10)14;/h3-8H,2,9H2,1H3,(H3,15,16,17,18);1H/b8-7+;. The van der Waals surface area contributed by atoms with E-state index in [0.717, 1.165) is 12.0 Å². The highest BCUT2D eigenvalue weighted by Gasteiger charge is 1.98. The Morgan fingerprint density at radius 1 is 1.47 bits per heavy atom. The Kier molecular flexibility index (Phi) is 8.66. The van der Waals surface area contributed by atoms with Gasteiger partial charge in [0.1, 0.15) is 5.84 Å². The van der Waals surface area contributed by atoms with E-state index in [4.69, 9.17) is 17.3 Å². The van der Waals surface area contributed by atoms with Gasteiger partial charge in [0.2, 0.25) is 0 Å². The average molecular weight is 302 g/mol. The fourth-order valence-corrected chi connectivity index (χ4v) is 1.47. The maximum Gasteiger partial charge on any atom is 0.317 e. The lowest BCUT2D eigenvalue weighted by Gasteiger charge is -2.02. The van der Waals surface area contributed by atoms with Gasteiger partial charge in [-0.25, -0.2) is 4.79 Å². The van der Waals surface area contributed by atoms with E-state index in [1.165, 1.54) is 0 Å². The number of nitrogens with one attached hydrogen (secondary N) is 1. The number of nitrogens with zero attached hydrogens (tertiary/aromatic N) is 1. The Labute approximate surface area is 124 Å². The van der Waals surface area contributed by atoms with Crippen LogP contribution in [0.3, 0.4) is 0 Å². The summed E-state index contributed by atoms with van der Waals surface area (Å²) in [5.41, 5.74) is 5.93. The van der Waals surface area contributed by atoms with E-state index in [0.29, 0.717) is 17.4 Å². The Bertz CT molecular complexity index is 473. The molecule has 0 spiro atoms. The highest BCUT2D eigenvalue weighted by atomic mass is 35.5. The Balaban J connectivity index is 0.00000324. The fourth-order valence-electron chi connectivity index (χ4n) is 1.27. The molecule has 0 fully saturated rings. The normalized spacial score (nSPS) is 11.2. The van der Waals surface area contributed by atoms with Crippen LogP contribution in [0.1, 0.15) is 18.9 Å². The number of amidine groups is 1. The molecule has 0 bridgehead atoms. The Morgan fingerprint density at radius 2 is 2.16 bits per heavy atom. The molecule has 104 valence electrons. The number of hydrogen-bond acceptors (Lipinski definition) is 2. The molecule has 1 aromatic carbocycles. The van der Waals surface area contributed by atoms with Gasteiger partial charge in [0, 0.05) is 11.6 Å². The van der Waals surface area contributed by atoms with Crippen molar-refractivity contribution in [1.29, 1.82) is 0 Å². The number of amides is 2. The number of nitrogens with two attached hydrogens (primary N) is 1. The molecule has 0 atom stereocenters. The molecule has 3 N–H and O–H groups in total. The minimum absolute atomic E-state index is 0. The van der Waals surface area contributed by atoms with Gasteiger partial charge in [-0.3, -0.25) is 10.3 Å². The fraction of sp³-hybridized carbons (Fsp3) is 0.231. The highest BCUT2D eigenvalue weighted by Crippen LogP contribution is 2.16. The molecule has 0 saturated heterocycles. The zero-order valence-corrected chi connectivity index (χ0v) is 12.2. The van der Waals surface area contributed by atoms with Crippen LogP contribution >= 0.6 is 24.0 Å². The number of hydrogen-bond donors (Lipinski definition) is 2. The van der Waals surface area contributed by atoms with E-state index < -0.39 is 6.03 Å². The predicted molar refractivity (Wildman–Crippen MR) is 83.0 cm³/mol. The SMILES string of the molecule is CCCN=C(/C=C/c1ccccc1Cl)NC(N)=O.Cl. The first-order valence-electron chi connectivity index (χ1n) is 5.67. The average Bonchev–Trinajstić information content (AvgIpc) is 2.34. The van der Waals surface area contributed by atoms with Crippen LogP contribution in [0.15, 0.2) is 35.3 Å². The summed E-state index contributed by atoms with van der Waals surface area (Å²) in [6, 6.07) is 6.78. The summed E-state index contributed by atoms with van der Waals surface area (Å²) in [6.45, 7) is 2.63. The van der Waals surface area contributed by atoms with Crippen molar-refractivity contribution in [2.24, 2.45) is 10.7 Å². The van der Waals surface area contributed by atoms with Crippen LogP contribution in [0.25, 0.3) is 6.08 Å².